The number of benzene rings is 3. The molecular formula is C20H16N2. The maximum absolute atomic E-state index is 2.27. The lowest BCUT2D eigenvalue weighted by atomic mass is 9.98. The van der Waals surface area contributed by atoms with Gasteiger partial charge in [0.2, 0.25) is 0 Å². The van der Waals surface area contributed by atoms with Crippen molar-refractivity contribution in [2.24, 2.45) is 14.1 Å². The zero-order valence-corrected chi connectivity index (χ0v) is 12.7. The molecule has 0 atom stereocenters. The Labute approximate surface area is 128 Å². The van der Waals surface area contributed by atoms with Gasteiger partial charge in [-0.05, 0) is 45.8 Å². The summed E-state index contributed by atoms with van der Waals surface area (Å²) in [5, 5.41) is 8.00. The Morgan fingerprint density at radius 3 is 1.27 bits per heavy atom. The predicted molar refractivity (Wildman–Crippen MR) is 94.4 cm³/mol. The van der Waals surface area contributed by atoms with E-state index in [1.54, 1.807) is 0 Å². The molecule has 2 aromatic heterocycles. The van der Waals surface area contributed by atoms with E-state index in [4.69, 9.17) is 0 Å². The molecule has 0 bridgehead atoms. The lowest BCUT2D eigenvalue weighted by molar-refractivity contribution is 0.969. The average molecular weight is 284 g/mol. The van der Waals surface area contributed by atoms with Crippen LogP contribution in [0.15, 0.2) is 60.9 Å². The molecule has 0 aliphatic carbocycles. The molecule has 5 aromatic rings. The second kappa shape index (κ2) is 3.92. The lowest BCUT2D eigenvalue weighted by Crippen LogP contribution is -1.86. The fourth-order valence-corrected chi connectivity index (χ4v) is 3.74. The van der Waals surface area contributed by atoms with E-state index >= 15 is 0 Å². The molecule has 0 saturated heterocycles. The SMILES string of the molecule is Cn1ccc2c3ccc4c(ccc5c4ccn5C)c3ccc21. The molecule has 2 nitrogen and oxygen atoms in total. The Morgan fingerprint density at radius 1 is 0.455 bits per heavy atom. The summed E-state index contributed by atoms with van der Waals surface area (Å²) >= 11 is 0. The van der Waals surface area contributed by atoms with Crippen LogP contribution < -0.4 is 0 Å². The van der Waals surface area contributed by atoms with Crippen molar-refractivity contribution in [1.29, 1.82) is 0 Å². The van der Waals surface area contributed by atoms with Crippen molar-refractivity contribution in [3.63, 3.8) is 0 Å². The highest BCUT2D eigenvalue weighted by atomic mass is 14.9. The van der Waals surface area contributed by atoms with Crippen molar-refractivity contribution in [2.45, 2.75) is 0 Å². The second-order valence-corrected chi connectivity index (χ2v) is 6.11. The predicted octanol–water partition coefficient (Wildman–Crippen LogP) is 4.98. The summed E-state index contributed by atoms with van der Waals surface area (Å²) in [5.74, 6) is 0. The number of hydrogen-bond donors (Lipinski definition) is 0. The summed E-state index contributed by atoms with van der Waals surface area (Å²) in [6.07, 6.45) is 4.27. The van der Waals surface area contributed by atoms with Crippen LogP contribution >= 0.6 is 0 Å². The molecular weight excluding hydrogens is 268 g/mol. The van der Waals surface area contributed by atoms with E-state index in [0.29, 0.717) is 0 Å². The standard InChI is InChI=1S/C20H16N2/c1-21-11-9-17-15-3-4-16-14(13(15)5-7-19(17)21)6-8-20-18(16)10-12-22(20)2/h3-12H,1-2H3. The van der Waals surface area contributed by atoms with E-state index in [2.05, 4.69) is 84.2 Å². The van der Waals surface area contributed by atoms with Crippen LogP contribution in [0.2, 0.25) is 0 Å². The minimum atomic E-state index is 1.28. The highest BCUT2D eigenvalue weighted by Crippen LogP contribution is 2.34. The van der Waals surface area contributed by atoms with Gasteiger partial charge in [0.1, 0.15) is 0 Å². The van der Waals surface area contributed by atoms with Crippen molar-refractivity contribution in [2.75, 3.05) is 0 Å². The first-order valence-electron chi connectivity index (χ1n) is 7.58. The van der Waals surface area contributed by atoms with Crippen LogP contribution in [0.1, 0.15) is 0 Å². The van der Waals surface area contributed by atoms with Gasteiger partial charge in [-0.3, -0.25) is 0 Å². The number of rotatable bonds is 0. The third-order valence-electron chi connectivity index (χ3n) is 4.92. The molecule has 0 saturated carbocycles. The van der Waals surface area contributed by atoms with Gasteiger partial charge in [0.15, 0.2) is 0 Å². The number of nitrogens with zero attached hydrogens (tertiary/aromatic N) is 2. The topological polar surface area (TPSA) is 9.86 Å². The smallest absolute Gasteiger partial charge is 0.0484 e. The summed E-state index contributed by atoms with van der Waals surface area (Å²) in [6.45, 7) is 0. The maximum atomic E-state index is 2.27. The Bertz CT molecular complexity index is 1090. The van der Waals surface area contributed by atoms with Crippen LogP contribution in [-0.4, -0.2) is 9.13 Å². The number of fused-ring (bicyclic) bond motifs is 7. The summed E-state index contributed by atoms with van der Waals surface area (Å²) in [5.41, 5.74) is 2.57. The zero-order chi connectivity index (χ0) is 14.8. The van der Waals surface area contributed by atoms with Gasteiger partial charge in [-0.25, -0.2) is 0 Å². The third kappa shape index (κ3) is 1.34. The summed E-state index contributed by atoms with van der Waals surface area (Å²) in [4.78, 5) is 0. The first kappa shape index (κ1) is 11.9. The summed E-state index contributed by atoms with van der Waals surface area (Å²) in [7, 11) is 4.20. The zero-order valence-electron chi connectivity index (χ0n) is 12.7. The lowest BCUT2D eigenvalue weighted by Gasteiger charge is -2.08. The first-order chi connectivity index (χ1) is 10.7. The van der Waals surface area contributed by atoms with Crippen LogP contribution in [0.25, 0.3) is 43.4 Å². The molecule has 0 radical (unpaired) electrons. The van der Waals surface area contributed by atoms with E-state index in [1.807, 2.05) is 0 Å². The fourth-order valence-electron chi connectivity index (χ4n) is 3.74. The molecule has 106 valence electrons. The minimum Gasteiger partial charge on any atom is -0.351 e. The van der Waals surface area contributed by atoms with Crippen molar-refractivity contribution < 1.29 is 0 Å². The van der Waals surface area contributed by atoms with Crippen molar-refractivity contribution in [3.05, 3.63) is 60.9 Å². The van der Waals surface area contributed by atoms with Crippen LogP contribution in [0.4, 0.5) is 0 Å². The molecule has 0 N–H and O–H groups in total. The monoisotopic (exact) mass is 284 g/mol. The van der Waals surface area contributed by atoms with E-state index < -0.39 is 0 Å². The van der Waals surface area contributed by atoms with Crippen molar-refractivity contribution in [1.82, 2.24) is 9.13 Å². The van der Waals surface area contributed by atoms with E-state index in [0.717, 1.165) is 0 Å². The molecule has 0 spiro atoms. The Kier molecular flexibility index (Phi) is 2.11. The molecule has 22 heavy (non-hydrogen) atoms. The molecule has 0 unspecified atom stereocenters. The van der Waals surface area contributed by atoms with Gasteiger partial charge in [0, 0.05) is 48.3 Å². The summed E-state index contributed by atoms with van der Waals surface area (Å²) < 4.78 is 4.36. The van der Waals surface area contributed by atoms with Crippen molar-refractivity contribution in [3.8, 4) is 0 Å². The molecule has 0 fully saturated rings. The number of hydrogen-bond acceptors (Lipinski definition) is 0. The van der Waals surface area contributed by atoms with Gasteiger partial charge >= 0.3 is 0 Å². The largest absolute Gasteiger partial charge is 0.351 e. The van der Waals surface area contributed by atoms with Crippen LogP contribution in [0.3, 0.4) is 0 Å². The van der Waals surface area contributed by atoms with E-state index in [9.17, 15) is 0 Å². The van der Waals surface area contributed by atoms with Crippen LogP contribution in [0.5, 0.6) is 0 Å². The molecule has 5 rings (SSSR count). The molecule has 2 heterocycles. The van der Waals surface area contributed by atoms with Gasteiger partial charge in [0.25, 0.3) is 0 Å². The fraction of sp³-hybridized carbons (Fsp3) is 0.100. The van der Waals surface area contributed by atoms with E-state index in [1.165, 1.54) is 43.4 Å². The van der Waals surface area contributed by atoms with Crippen LogP contribution in [0, 0.1) is 0 Å². The van der Waals surface area contributed by atoms with Gasteiger partial charge in [-0.2, -0.15) is 0 Å². The van der Waals surface area contributed by atoms with Crippen LogP contribution in [-0.2, 0) is 14.1 Å². The quantitative estimate of drug-likeness (QED) is 0.355. The van der Waals surface area contributed by atoms with Gasteiger partial charge in [0.05, 0.1) is 0 Å². The maximum Gasteiger partial charge on any atom is 0.0484 e. The Morgan fingerprint density at radius 2 is 0.818 bits per heavy atom. The first-order valence-corrected chi connectivity index (χ1v) is 7.58. The van der Waals surface area contributed by atoms with Gasteiger partial charge in [-0.1, -0.05) is 24.3 Å². The highest BCUT2D eigenvalue weighted by Gasteiger charge is 2.09. The second-order valence-electron chi connectivity index (χ2n) is 6.11. The molecule has 0 aliphatic heterocycles. The van der Waals surface area contributed by atoms with Gasteiger partial charge in [-0.15, -0.1) is 0 Å². The van der Waals surface area contributed by atoms with Gasteiger partial charge < -0.3 is 9.13 Å². The normalized spacial score (nSPS) is 12.1. The van der Waals surface area contributed by atoms with Crippen molar-refractivity contribution >= 4 is 43.4 Å². The molecule has 0 amide bonds. The number of aromatic nitrogens is 2. The molecule has 2 heteroatoms. The highest BCUT2D eigenvalue weighted by molar-refractivity contribution is 6.21. The molecule has 3 aromatic carbocycles. The Balaban J connectivity index is 2.03. The number of aryl methyl sites for hydroxylation is 2. The average Bonchev–Trinajstić information content (AvgIpc) is 3.11. The Hall–Kier alpha value is -2.74. The van der Waals surface area contributed by atoms with E-state index in [-0.39, 0.29) is 0 Å². The molecule has 0 aliphatic rings. The summed E-state index contributed by atoms with van der Waals surface area (Å²) in [6, 6.07) is 17.9. The third-order valence-corrected chi connectivity index (χ3v) is 4.92. The minimum absolute atomic E-state index is 1.28.